The van der Waals surface area contributed by atoms with Gasteiger partial charge in [-0.15, -0.1) is 0 Å². The van der Waals surface area contributed by atoms with E-state index in [9.17, 15) is 14.4 Å². The highest BCUT2D eigenvalue weighted by molar-refractivity contribution is 6.00. The smallest absolute Gasteiger partial charge is 0.355 e. The number of aryl methyl sites for hydroxylation is 1. The standard InChI is InChI=1S/C23H31N3O5/c1-7-26(14(3)4)18-11-9-17(10-12-18)25-19(27)13-31-22(28)20-15(5)21(24-16(20)6)23(29)30-8-2/h9-12,14,24H,7-8,13H2,1-6H3,(H,25,27). The van der Waals surface area contributed by atoms with Crippen LogP contribution in [0.1, 0.15) is 59.8 Å². The van der Waals surface area contributed by atoms with Gasteiger partial charge in [-0.25, -0.2) is 9.59 Å². The second-order valence-corrected chi connectivity index (χ2v) is 7.40. The third-order valence-corrected chi connectivity index (χ3v) is 4.90. The number of ether oxygens (including phenoxy) is 2. The topological polar surface area (TPSA) is 101 Å². The van der Waals surface area contributed by atoms with Crippen LogP contribution in [0.2, 0.25) is 0 Å². The maximum atomic E-state index is 12.5. The van der Waals surface area contributed by atoms with Crippen molar-refractivity contribution in [2.45, 2.75) is 47.6 Å². The van der Waals surface area contributed by atoms with Gasteiger partial charge in [0.05, 0.1) is 12.2 Å². The molecule has 2 aromatic rings. The maximum Gasteiger partial charge on any atom is 0.355 e. The number of carbonyl (C=O) groups excluding carboxylic acids is 3. The fourth-order valence-electron chi connectivity index (χ4n) is 3.45. The number of esters is 2. The van der Waals surface area contributed by atoms with Gasteiger partial charge in [0.2, 0.25) is 0 Å². The van der Waals surface area contributed by atoms with Gasteiger partial charge in [-0.3, -0.25) is 4.79 Å². The number of H-pyrrole nitrogens is 1. The highest BCUT2D eigenvalue weighted by atomic mass is 16.5. The average Bonchev–Trinajstić information content (AvgIpc) is 3.02. The number of anilines is 2. The minimum absolute atomic E-state index is 0.207. The van der Waals surface area contributed by atoms with Crippen LogP contribution in [-0.4, -0.2) is 48.6 Å². The van der Waals surface area contributed by atoms with Gasteiger partial charge in [0.15, 0.2) is 6.61 Å². The Morgan fingerprint density at radius 1 is 1.03 bits per heavy atom. The lowest BCUT2D eigenvalue weighted by Gasteiger charge is -2.27. The van der Waals surface area contributed by atoms with Crippen LogP contribution >= 0.6 is 0 Å². The minimum Gasteiger partial charge on any atom is -0.461 e. The molecule has 168 valence electrons. The lowest BCUT2D eigenvalue weighted by molar-refractivity contribution is -0.119. The van der Waals surface area contributed by atoms with Crippen molar-refractivity contribution in [2.75, 3.05) is 30.0 Å². The van der Waals surface area contributed by atoms with Crippen molar-refractivity contribution in [1.82, 2.24) is 4.98 Å². The van der Waals surface area contributed by atoms with Crippen LogP contribution in [0.25, 0.3) is 0 Å². The summed E-state index contributed by atoms with van der Waals surface area (Å²) < 4.78 is 10.1. The summed E-state index contributed by atoms with van der Waals surface area (Å²) in [4.78, 5) is 41.8. The van der Waals surface area contributed by atoms with E-state index in [1.54, 1.807) is 20.8 Å². The average molecular weight is 430 g/mol. The zero-order valence-electron chi connectivity index (χ0n) is 19.0. The van der Waals surface area contributed by atoms with E-state index < -0.39 is 24.5 Å². The Bertz CT molecular complexity index is 931. The second kappa shape index (κ2) is 10.7. The predicted octanol–water partition coefficient (Wildman–Crippen LogP) is 3.84. The van der Waals surface area contributed by atoms with Crippen LogP contribution in [0.4, 0.5) is 11.4 Å². The maximum absolute atomic E-state index is 12.5. The quantitative estimate of drug-likeness (QED) is 0.588. The number of aromatic amines is 1. The lowest BCUT2D eigenvalue weighted by Crippen LogP contribution is -2.30. The Morgan fingerprint density at radius 2 is 1.68 bits per heavy atom. The highest BCUT2D eigenvalue weighted by Crippen LogP contribution is 2.21. The van der Waals surface area contributed by atoms with Crippen LogP contribution in [0.15, 0.2) is 24.3 Å². The molecule has 0 saturated carbocycles. The Kier molecular flexibility index (Phi) is 8.24. The molecular formula is C23H31N3O5. The molecule has 0 atom stereocenters. The zero-order chi connectivity index (χ0) is 23.1. The number of rotatable bonds is 9. The molecule has 0 aliphatic carbocycles. The van der Waals surface area contributed by atoms with Crippen molar-refractivity contribution >= 4 is 29.2 Å². The van der Waals surface area contributed by atoms with Crippen molar-refractivity contribution in [3.05, 3.63) is 46.8 Å². The molecule has 1 amide bonds. The molecule has 0 spiro atoms. The van der Waals surface area contributed by atoms with Gasteiger partial charge in [-0.1, -0.05) is 0 Å². The first-order chi connectivity index (χ1) is 14.7. The molecule has 8 heteroatoms. The number of aromatic nitrogens is 1. The van der Waals surface area contributed by atoms with Gasteiger partial charge in [0.1, 0.15) is 5.69 Å². The van der Waals surface area contributed by atoms with Gasteiger partial charge >= 0.3 is 11.9 Å². The van der Waals surface area contributed by atoms with Crippen molar-refractivity contribution in [2.24, 2.45) is 0 Å². The van der Waals surface area contributed by atoms with Gasteiger partial charge in [-0.05, 0) is 71.4 Å². The van der Waals surface area contributed by atoms with Crippen molar-refractivity contribution in [3.63, 3.8) is 0 Å². The second-order valence-electron chi connectivity index (χ2n) is 7.40. The number of amides is 1. The molecule has 8 nitrogen and oxygen atoms in total. The fourth-order valence-corrected chi connectivity index (χ4v) is 3.45. The summed E-state index contributed by atoms with van der Waals surface area (Å²) in [5.41, 5.74) is 3.03. The van der Waals surface area contributed by atoms with Gasteiger partial charge in [0.25, 0.3) is 5.91 Å². The normalized spacial score (nSPS) is 10.7. The SMILES string of the molecule is CCOC(=O)c1[nH]c(C)c(C(=O)OCC(=O)Nc2ccc(N(CC)C(C)C)cc2)c1C. The molecule has 0 aliphatic rings. The predicted molar refractivity (Wildman–Crippen MR) is 120 cm³/mol. The monoisotopic (exact) mass is 429 g/mol. The molecule has 0 radical (unpaired) electrons. The van der Waals surface area contributed by atoms with Crippen LogP contribution in [-0.2, 0) is 14.3 Å². The Balaban J connectivity index is 1.97. The molecule has 0 unspecified atom stereocenters. The molecule has 1 aromatic heterocycles. The summed E-state index contributed by atoms with van der Waals surface area (Å²) in [6.07, 6.45) is 0. The molecule has 0 fully saturated rings. The van der Waals surface area contributed by atoms with E-state index in [-0.39, 0.29) is 17.9 Å². The van der Waals surface area contributed by atoms with Gasteiger partial charge in [-0.2, -0.15) is 0 Å². The van der Waals surface area contributed by atoms with E-state index in [2.05, 4.69) is 36.0 Å². The Hall–Kier alpha value is -3.29. The van der Waals surface area contributed by atoms with E-state index in [4.69, 9.17) is 9.47 Å². The van der Waals surface area contributed by atoms with E-state index >= 15 is 0 Å². The highest BCUT2D eigenvalue weighted by Gasteiger charge is 2.24. The molecule has 31 heavy (non-hydrogen) atoms. The zero-order valence-corrected chi connectivity index (χ0v) is 19.0. The Labute approximate surface area is 182 Å². The Morgan fingerprint density at radius 3 is 2.23 bits per heavy atom. The molecule has 0 saturated heterocycles. The summed E-state index contributed by atoms with van der Waals surface area (Å²) in [7, 11) is 0. The first-order valence-electron chi connectivity index (χ1n) is 10.4. The number of nitrogens with zero attached hydrogens (tertiary/aromatic N) is 1. The molecule has 0 bridgehead atoms. The number of hydrogen-bond acceptors (Lipinski definition) is 6. The summed E-state index contributed by atoms with van der Waals surface area (Å²) in [6.45, 7) is 12.0. The summed E-state index contributed by atoms with van der Waals surface area (Å²) in [6, 6.07) is 7.87. The van der Waals surface area contributed by atoms with E-state index in [1.807, 2.05) is 24.3 Å². The molecular weight excluding hydrogens is 398 g/mol. The largest absolute Gasteiger partial charge is 0.461 e. The molecule has 1 aromatic carbocycles. The summed E-state index contributed by atoms with van der Waals surface area (Å²) in [5, 5.41) is 2.71. The molecule has 2 N–H and O–H groups in total. The van der Waals surface area contributed by atoms with Crippen molar-refractivity contribution < 1.29 is 23.9 Å². The molecule has 0 aliphatic heterocycles. The lowest BCUT2D eigenvalue weighted by atomic mass is 10.1. The van der Waals surface area contributed by atoms with Crippen LogP contribution in [0, 0.1) is 13.8 Å². The van der Waals surface area contributed by atoms with Crippen LogP contribution in [0.3, 0.4) is 0 Å². The number of nitrogens with one attached hydrogen (secondary N) is 2. The van der Waals surface area contributed by atoms with E-state index in [0.717, 1.165) is 12.2 Å². The van der Waals surface area contributed by atoms with Gasteiger partial charge in [0, 0.05) is 29.7 Å². The van der Waals surface area contributed by atoms with Crippen molar-refractivity contribution in [1.29, 1.82) is 0 Å². The van der Waals surface area contributed by atoms with Gasteiger partial charge < -0.3 is 24.7 Å². The van der Waals surface area contributed by atoms with Crippen LogP contribution in [0.5, 0.6) is 0 Å². The molecule has 2 rings (SSSR count). The third-order valence-electron chi connectivity index (χ3n) is 4.90. The first-order valence-corrected chi connectivity index (χ1v) is 10.4. The van der Waals surface area contributed by atoms with E-state index in [1.165, 1.54) is 0 Å². The van der Waals surface area contributed by atoms with Crippen LogP contribution < -0.4 is 10.2 Å². The summed E-state index contributed by atoms with van der Waals surface area (Å²) in [5.74, 6) is -1.67. The van der Waals surface area contributed by atoms with Crippen molar-refractivity contribution in [3.8, 4) is 0 Å². The summed E-state index contributed by atoms with van der Waals surface area (Å²) >= 11 is 0. The first kappa shape index (κ1) is 24.0. The number of hydrogen-bond donors (Lipinski definition) is 2. The number of benzene rings is 1. The fraction of sp³-hybridized carbons (Fsp3) is 0.435. The third kappa shape index (κ3) is 5.87. The molecule has 1 heterocycles. The minimum atomic E-state index is -0.678. The number of carbonyl (C=O) groups is 3. The van der Waals surface area contributed by atoms with E-state index in [0.29, 0.717) is 23.0 Å².